The third-order valence-corrected chi connectivity index (χ3v) is 3.30. The van der Waals surface area contributed by atoms with Gasteiger partial charge in [0.15, 0.2) is 0 Å². The molecule has 0 aliphatic carbocycles. The molecule has 0 amide bonds. The van der Waals surface area contributed by atoms with E-state index in [1.165, 1.54) is 5.56 Å². The third-order valence-electron chi connectivity index (χ3n) is 3.30. The first-order valence-corrected chi connectivity index (χ1v) is 6.03. The SMILES string of the molecule is Cc1ccc(-c2cc3cc(C)c(O)cc3[nH]2)cc1. The number of benzene rings is 2. The number of nitrogens with one attached hydrogen (secondary N) is 1. The molecule has 18 heavy (non-hydrogen) atoms. The highest BCUT2D eigenvalue weighted by atomic mass is 16.3. The number of fused-ring (bicyclic) bond motifs is 1. The van der Waals surface area contributed by atoms with Crippen molar-refractivity contribution >= 4 is 10.9 Å². The molecule has 3 aromatic rings. The summed E-state index contributed by atoms with van der Waals surface area (Å²) < 4.78 is 0. The van der Waals surface area contributed by atoms with Crippen LogP contribution in [0.5, 0.6) is 5.75 Å². The monoisotopic (exact) mass is 237 g/mol. The predicted octanol–water partition coefficient (Wildman–Crippen LogP) is 4.16. The highest BCUT2D eigenvalue weighted by molar-refractivity contribution is 5.87. The Bertz CT molecular complexity index is 669. The molecule has 0 saturated heterocycles. The zero-order valence-corrected chi connectivity index (χ0v) is 10.5. The van der Waals surface area contributed by atoms with Crippen molar-refractivity contribution in [1.82, 2.24) is 4.98 Å². The van der Waals surface area contributed by atoms with Crippen LogP contribution in [0.15, 0.2) is 42.5 Å². The van der Waals surface area contributed by atoms with E-state index in [1.54, 1.807) is 6.07 Å². The average Bonchev–Trinajstić information content (AvgIpc) is 2.73. The number of hydrogen-bond donors (Lipinski definition) is 2. The van der Waals surface area contributed by atoms with E-state index in [1.807, 2.05) is 13.0 Å². The molecule has 0 saturated carbocycles. The quantitative estimate of drug-likeness (QED) is 0.655. The fraction of sp³-hybridized carbons (Fsp3) is 0.125. The van der Waals surface area contributed by atoms with Crippen molar-refractivity contribution in [3.63, 3.8) is 0 Å². The average molecular weight is 237 g/mol. The van der Waals surface area contributed by atoms with Gasteiger partial charge in [-0.1, -0.05) is 29.8 Å². The third kappa shape index (κ3) is 1.76. The van der Waals surface area contributed by atoms with Gasteiger partial charge in [0.25, 0.3) is 0 Å². The van der Waals surface area contributed by atoms with Crippen LogP contribution in [0.2, 0.25) is 0 Å². The second kappa shape index (κ2) is 3.91. The van der Waals surface area contributed by atoms with Crippen LogP contribution in [-0.2, 0) is 0 Å². The first-order valence-electron chi connectivity index (χ1n) is 6.03. The van der Waals surface area contributed by atoms with Gasteiger partial charge in [-0.2, -0.15) is 0 Å². The van der Waals surface area contributed by atoms with Crippen molar-refractivity contribution < 1.29 is 5.11 Å². The van der Waals surface area contributed by atoms with Crippen molar-refractivity contribution in [2.45, 2.75) is 13.8 Å². The van der Waals surface area contributed by atoms with E-state index >= 15 is 0 Å². The molecule has 2 nitrogen and oxygen atoms in total. The van der Waals surface area contributed by atoms with Crippen molar-refractivity contribution in [3.05, 3.63) is 53.6 Å². The van der Waals surface area contributed by atoms with Crippen LogP contribution in [0.4, 0.5) is 0 Å². The summed E-state index contributed by atoms with van der Waals surface area (Å²) in [4.78, 5) is 3.34. The number of aromatic nitrogens is 1. The van der Waals surface area contributed by atoms with Gasteiger partial charge in [-0.15, -0.1) is 0 Å². The maximum atomic E-state index is 9.71. The molecular formula is C16H15NO. The van der Waals surface area contributed by atoms with Gasteiger partial charge >= 0.3 is 0 Å². The summed E-state index contributed by atoms with van der Waals surface area (Å²) in [6.07, 6.45) is 0. The molecule has 0 unspecified atom stereocenters. The number of aromatic hydroxyl groups is 1. The number of phenols is 1. The van der Waals surface area contributed by atoms with Gasteiger partial charge in [-0.3, -0.25) is 0 Å². The van der Waals surface area contributed by atoms with Crippen molar-refractivity contribution in [2.24, 2.45) is 0 Å². The molecule has 0 atom stereocenters. The number of hydrogen-bond acceptors (Lipinski definition) is 1. The van der Waals surface area contributed by atoms with Gasteiger partial charge in [0.2, 0.25) is 0 Å². The summed E-state index contributed by atoms with van der Waals surface area (Å²) >= 11 is 0. The highest BCUT2D eigenvalue weighted by Crippen LogP contribution is 2.28. The maximum absolute atomic E-state index is 9.71. The molecule has 0 fully saturated rings. The van der Waals surface area contributed by atoms with Gasteiger partial charge in [-0.25, -0.2) is 0 Å². The lowest BCUT2D eigenvalue weighted by Crippen LogP contribution is -1.77. The van der Waals surface area contributed by atoms with Gasteiger partial charge < -0.3 is 10.1 Å². The van der Waals surface area contributed by atoms with Crippen LogP contribution in [0, 0.1) is 13.8 Å². The van der Waals surface area contributed by atoms with E-state index in [0.717, 1.165) is 27.7 Å². The minimum atomic E-state index is 0.333. The molecule has 1 aromatic heterocycles. The summed E-state index contributed by atoms with van der Waals surface area (Å²) in [5, 5.41) is 10.8. The van der Waals surface area contributed by atoms with E-state index in [4.69, 9.17) is 0 Å². The minimum Gasteiger partial charge on any atom is -0.508 e. The lowest BCUT2D eigenvalue weighted by atomic mass is 10.1. The molecule has 0 aliphatic heterocycles. The van der Waals surface area contributed by atoms with Crippen LogP contribution >= 0.6 is 0 Å². The Kier molecular flexibility index (Phi) is 2.37. The normalized spacial score (nSPS) is 11.0. The van der Waals surface area contributed by atoms with Gasteiger partial charge in [0.1, 0.15) is 5.75 Å². The number of phenolic OH excluding ortho intramolecular Hbond substituents is 1. The Labute approximate surface area is 106 Å². The molecule has 0 aliphatic rings. The van der Waals surface area contributed by atoms with Crippen LogP contribution in [0.3, 0.4) is 0 Å². The first-order chi connectivity index (χ1) is 8.63. The number of aromatic amines is 1. The van der Waals surface area contributed by atoms with E-state index < -0.39 is 0 Å². The summed E-state index contributed by atoms with van der Waals surface area (Å²) in [5.41, 5.74) is 5.36. The summed E-state index contributed by atoms with van der Waals surface area (Å²) in [6.45, 7) is 3.99. The fourth-order valence-corrected chi connectivity index (χ4v) is 2.17. The Hall–Kier alpha value is -2.22. The lowest BCUT2D eigenvalue weighted by Gasteiger charge is -1.98. The van der Waals surface area contributed by atoms with Crippen LogP contribution in [0.1, 0.15) is 11.1 Å². The van der Waals surface area contributed by atoms with Crippen LogP contribution in [-0.4, -0.2) is 10.1 Å². The largest absolute Gasteiger partial charge is 0.508 e. The molecule has 0 radical (unpaired) electrons. The van der Waals surface area contributed by atoms with Crippen molar-refractivity contribution in [2.75, 3.05) is 0 Å². The van der Waals surface area contributed by atoms with Gasteiger partial charge in [-0.05, 0) is 37.1 Å². The number of rotatable bonds is 1. The summed E-state index contributed by atoms with van der Waals surface area (Å²) in [6, 6.07) is 14.3. The van der Waals surface area contributed by atoms with Crippen molar-refractivity contribution in [3.8, 4) is 17.0 Å². The molecule has 90 valence electrons. The Morgan fingerprint density at radius 3 is 2.39 bits per heavy atom. The standard InChI is InChI=1S/C16H15NO/c1-10-3-5-12(6-4-10)14-8-13-7-11(2)16(18)9-15(13)17-14/h3-9,17-18H,1-2H3. The second-order valence-electron chi connectivity index (χ2n) is 4.77. The van der Waals surface area contributed by atoms with Crippen LogP contribution < -0.4 is 0 Å². The molecule has 3 rings (SSSR count). The minimum absolute atomic E-state index is 0.333. The van der Waals surface area contributed by atoms with E-state index in [0.29, 0.717) is 5.75 Å². The molecule has 1 heterocycles. The highest BCUT2D eigenvalue weighted by Gasteiger charge is 2.05. The Balaban J connectivity index is 2.16. The zero-order valence-electron chi connectivity index (χ0n) is 10.5. The Morgan fingerprint density at radius 1 is 0.944 bits per heavy atom. The lowest BCUT2D eigenvalue weighted by molar-refractivity contribution is 0.472. The molecule has 0 bridgehead atoms. The molecule has 0 spiro atoms. The number of H-pyrrole nitrogens is 1. The zero-order chi connectivity index (χ0) is 12.7. The maximum Gasteiger partial charge on any atom is 0.120 e. The predicted molar refractivity (Wildman–Crippen MR) is 74.9 cm³/mol. The summed E-state index contributed by atoms with van der Waals surface area (Å²) in [7, 11) is 0. The van der Waals surface area contributed by atoms with Crippen molar-refractivity contribution in [1.29, 1.82) is 0 Å². The van der Waals surface area contributed by atoms with Gasteiger partial charge in [0, 0.05) is 22.7 Å². The molecule has 2 heteroatoms. The topological polar surface area (TPSA) is 36.0 Å². The van der Waals surface area contributed by atoms with E-state index in [2.05, 4.69) is 42.2 Å². The smallest absolute Gasteiger partial charge is 0.120 e. The van der Waals surface area contributed by atoms with Gasteiger partial charge in [0.05, 0.1) is 0 Å². The molecule has 2 aromatic carbocycles. The molecule has 2 N–H and O–H groups in total. The van der Waals surface area contributed by atoms with Crippen LogP contribution in [0.25, 0.3) is 22.2 Å². The van der Waals surface area contributed by atoms with E-state index in [-0.39, 0.29) is 0 Å². The first kappa shape index (κ1) is 10.9. The fourth-order valence-electron chi connectivity index (χ4n) is 2.17. The van der Waals surface area contributed by atoms with E-state index in [9.17, 15) is 5.11 Å². The Morgan fingerprint density at radius 2 is 1.67 bits per heavy atom. The number of aryl methyl sites for hydroxylation is 2. The summed E-state index contributed by atoms with van der Waals surface area (Å²) in [5.74, 6) is 0.333. The molecular weight excluding hydrogens is 222 g/mol. The second-order valence-corrected chi connectivity index (χ2v) is 4.77.